The van der Waals surface area contributed by atoms with Crippen molar-refractivity contribution in [1.82, 2.24) is 31.6 Å². The van der Waals surface area contributed by atoms with E-state index in [1.165, 1.54) is 12.1 Å². The average Bonchev–Trinajstić information content (AvgIpc) is 3.01. The fraction of sp³-hybridized carbons (Fsp3) is 0.625. The van der Waals surface area contributed by atoms with Crippen LogP contribution in [0.1, 0.15) is 84.1 Å². The number of nitrogen functional groups attached to an aromatic ring is 1. The number of hydrogen-bond donors (Lipinski definition) is 9. The molecule has 0 radical (unpaired) electrons. The van der Waals surface area contributed by atoms with Crippen LogP contribution >= 0.6 is 0 Å². The first-order chi connectivity index (χ1) is 22.9. The highest BCUT2D eigenvalue weighted by atomic mass is 16.2. The molecule has 0 aromatic carbocycles. The number of aliphatic imine (C=N–C) groups is 1. The van der Waals surface area contributed by atoms with Crippen LogP contribution in [0.4, 0.5) is 5.82 Å². The van der Waals surface area contributed by atoms with E-state index in [9.17, 15) is 28.8 Å². The fourth-order valence-corrected chi connectivity index (χ4v) is 4.75. The molecule has 17 heteroatoms. The van der Waals surface area contributed by atoms with Crippen LogP contribution in [0.25, 0.3) is 0 Å². The lowest BCUT2D eigenvalue weighted by atomic mass is 9.96. The van der Waals surface area contributed by atoms with Gasteiger partial charge in [-0.05, 0) is 55.6 Å². The number of rotatable bonds is 21. The van der Waals surface area contributed by atoms with Gasteiger partial charge in [-0.15, -0.1) is 0 Å². The van der Waals surface area contributed by atoms with E-state index in [1.54, 1.807) is 13.0 Å². The second-order valence-electron chi connectivity index (χ2n) is 12.9. The van der Waals surface area contributed by atoms with E-state index in [4.69, 9.17) is 22.9 Å². The zero-order valence-electron chi connectivity index (χ0n) is 29.4. The molecule has 17 nitrogen and oxygen atoms in total. The highest BCUT2D eigenvalue weighted by Gasteiger charge is 2.31. The summed E-state index contributed by atoms with van der Waals surface area (Å²) in [7, 11) is 0. The van der Waals surface area contributed by atoms with Crippen LogP contribution in [0.5, 0.6) is 0 Å². The lowest BCUT2D eigenvalue weighted by Gasteiger charge is -2.27. The first kappa shape index (κ1) is 42.1. The predicted octanol–water partition coefficient (Wildman–Crippen LogP) is -0.990. The molecule has 0 spiro atoms. The van der Waals surface area contributed by atoms with Gasteiger partial charge in [-0.25, -0.2) is 4.98 Å². The van der Waals surface area contributed by atoms with Crippen LogP contribution in [0.2, 0.25) is 0 Å². The monoisotopic (exact) mass is 689 g/mol. The summed E-state index contributed by atoms with van der Waals surface area (Å²) < 4.78 is 0. The molecule has 1 heterocycles. The quantitative estimate of drug-likeness (QED) is 0.0431. The molecule has 1 aromatic heterocycles. The minimum absolute atomic E-state index is 0.0117. The van der Waals surface area contributed by atoms with Gasteiger partial charge in [0.15, 0.2) is 5.96 Å². The number of nitrogens with zero attached hydrogens (tertiary/aromatic N) is 2. The zero-order valence-corrected chi connectivity index (χ0v) is 29.4. The lowest BCUT2D eigenvalue weighted by molar-refractivity contribution is -0.133. The van der Waals surface area contributed by atoms with Crippen molar-refractivity contribution >= 4 is 47.2 Å². The summed E-state index contributed by atoms with van der Waals surface area (Å²) in [6, 6.07) is 0.492. The van der Waals surface area contributed by atoms with Crippen LogP contribution in [0.15, 0.2) is 23.2 Å². The van der Waals surface area contributed by atoms with Gasteiger partial charge in [0.1, 0.15) is 35.7 Å². The molecule has 0 aliphatic carbocycles. The Morgan fingerprint density at radius 2 is 1.41 bits per heavy atom. The first-order valence-corrected chi connectivity index (χ1v) is 16.5. The van der Waals surface area contributed by atoms with E-state index < -0.39 is 66.2 Å². The van der Waals surface area contributed by atoms with Gasteiger partial charge in [0.25, 0.3) is 5.91 Å². The van der Waals surface area contributed by atoms with Crippen molar-refractivity contribution in [2.24, 2.45) is 39.9 Å². The molecule has 0 unspecified atom stereocenters. The van der Waals surface area contributed by atoms with Crippen molar-refractivity contribution in [2.45, 2.75) is 97.8 Å². The molecule has 0 saturated heterocycles. The molecule has 0 saturated carbocycles. The fourth-order valence-electron chi connectivity index (χ4n) is 4.75. The van der Waals surface area contributed by atoms with Crippen molar-refractivity contribution in [3.8, 4) is 0 Å². The van der Waals surface area contributed by atoms with Crippen LogP contribution < -0.4 is 49.5 Å². The number of amides is 6. The largest absolute Gasteiger partial charge is 0.384 e. The summed E-state index contributed by atoms with van der Waals surface area (Å²) in [6.45, 7) is 10.8. The zero-order chi connectivity index (χ0) is 37.3. The standard InChI is InChI=1S/C32H55N11O6/c1-7-19(6)26(43-30(48)23(15-18(4)5)42-28(46)20-10-8-12-24(33)39-20)31(49)38-16-25(44)40-21(11-9-13-37-32(35)36)29(47)41-22(27(34)45)14-17(2)3/h8,10,12,17-19,21-23,26H,7,9,11,13-16H2,1-6H3,(H2,33,39)(H2,34,45)(H,38,49)(H,40,44)(H,41,47)(H,42,46)(H,43,48)(H4,35,36,37)/t19-,21-,22-,23-,26-/m0/s1. The number of carbonyl (C=O) groups is 6. The van der Waals surface area contributed by atoms with E-state index in [0.717, 1.165) is 0 Å². The van der Waals surface area contributed by atoms with Crippen LogP contribution in [0, 0.1) is 17.8 Å². The number of guanidine groups is 1. The predicted molar refractivity (Wildman–Crippen MR) is 186 cm³/mol. The van der Waals surface area contributed by atoms with E-state index in [0.29, 0.717) is 19.3 Å². The van der Waals surface area contributed by atoms with Gasteiger partial charge in [-0.2, -0.15) is 0 Å². The Morgan fingerprint density at radius 3 is 1.96 bits per heavy atom. The Labute approximate surface area is 287 Å². The molecular formula is C32H55N11O6. The lowest BCUT2D eigenvalue weighted by Crippen LogP contribution is -2.57. The Morgan fingerprint density at radius 1 is 0.796 bits per heavy atom. The molecule has 0 aliphatic rings. The number of aromatic nitrogens is 1. The number of anilines is 1. The molecule has 49 heavy (non-hydrogen) atoms. The molecule has 1 rings (SSSR count). The molecule has 0 fully saturated rings. The third-order valence-electron chi connectivity index (χ3n) is 7.51. The van der Waals surface area contributed by atoms with Gasteiger partial charge in [0.05, 0.1) is 6.54 Å². The van der Waals surface area contributed by atoms with Crippen LogP contribution in [-0.4, -0.2) is 83.6 Å². The number of primary amides is 1. The molecule has 5 atom stereocenters. The number of nitrogens with one attached hydrogen (secondary N) is 5. The van der Waals surface area contributed by atoms with E-state index >= 15 is 0 Å². The van der Waals surface area contributed by atoms with Gasteiger partial charge in [-0.3, -0.25) is 33.8 Å². The first-order valence-electron chi connectivity index (χ1n) is 16.5. The second-order valence-corrected chi connectivity index (χ2v) is 12.9. The molecule has 13 N–H and O–H groups in total. The van der Waals surface area contributed by atoms with Crippen molar-refractivity contribution < 1.29 is 28.8 Å². The van der Waals surface area contributed by atoms with Gasteiger partial charge in [0.2, 0.25) is 29.5 Å². The SMILES string of the molecule is CC[C@H](C)[C@H](NC(=O)[C@H](CC(C)C)NC(=O)c1cccc(N)n1)C(=O)NCC(=O)N[C@@H](CCCN=C(N)N)C(=O)N[C@@H](CC(C)C)C(N)=O. The van der Waals surface area contributed by atoms with Gasteiger partial charge >= 0.3 is 0 Å². The minimum Gasteiger partial charge on any atom is -0.384 e. The Balaban J connectivity index is 3.03. The third kappa shape index (κ3) is 16.1. The summed E-state index contributed by atoms with van der Waals surface area (Å²) >= 11 is 0. The number of carbonyl (C=O) groups excluding carboxylic acids is 6. The van der Waals surface area contributed by atoms with E-state index in [1.807, 2.05) is 34.6 Å². The third-order valence-corrected chi connectivity index (χ3v) is 7.51. The summed E-state index contributed by atoms with van der Waals surface area (Å²) in [4.78, 5) is 85.6. The van der Waals surface area contributed by atoms with Crippen LogP contribution in [-0.2, 0) is 24.0 Å². The minimum atomic E-state index is -1.09. The Kier molecular flexibility index (Phi) is 18.1. The maximum atomic E-state index is 13.4. The van der Waals surface area contributed by atoms with E-state index in [-0.39, 0.29) is 54.6 Å². The number of nitrogens with two attached hydrogens (primary N) is 4. The molecule has 6 amide bonds. The van der Waals surface area contributed by atoms with Crippen molar-refractivity contribution in [3.05, 3.63) is 23.9 Å². The maximum Gasteiger partial charge on any atom is 0.270 e. The van der Waals surface area contributed by atoms with Crippen molar-refractivity contribution in [1.29, 1.82) is 0 Å². The number of hydrogen-bond acceptors (Lipinski definition) is 9. The number of pyridine rings is 1. The van der Waals surface area contributed by atoms with E-state index in [2.05, 4.69) is 36.6 Å². The van der Waals surface area contributed by atoms with Gasteiger partial charge in [0, 0.05) is 6.54 Å². The molecule has 0 bridgehead atoms. The summed E-state index contributed by atoms with van der Waals surface area (Å²) in [5.74, 6) is -4.12. The highest BCUT2D eigenvalue weighted by Crippen LogP contribution is 2.12. The highest BCUT2D eigenvalue weighted by molar-refractivity contribution is 5.98. The summed E-state index contributed by atoms with van der Waals surface area (Å²) in [5, 5.41) is 13.1. The molecular weight excluding hydrogens is 634 g/mol. The van der Waals surface area contributed by atoms with Gasteiger partial charge < -0.3 is 49.5 Å². The van der Waals surface area contributed by atoms with Crippen molar-refractivity contribution in [2.75, 3.05) is 18.8 Å². The maximum absolute atomic E-state index is 13.4. The smallest absolute Gasteiger partial charge is 0.270 e. The Bertz CT molecular complexity index is 1320. The topological polar surface area (TPSA) is 292 Å². The van der Waals surface area contributed by atoms with Gasteiger partial charge in [-0.1, -0.05) is 54.0 Å². The summed E-state index contributed by atoms with van der Waals surface area (Å²) in [5.41, 5.74) is 22.0. The second kappa shape index (κ2) is 21.1. The molecule has 0 aliphatic heterocycles. The molecule has 274 valence electrons. The Hall–Kier alpha value is -4.96. The molecule has 1 aromatic rings. The normalized spacial score (nSPS) is 14.0. The van der Waals surface area contributed by atoms with Crippen LogP contribution in [0.3, 0.4) is 0 Å². The summed E-state index contributed by atoms with van der Waals surface area (Å²) in [6.07, 6.45) is 1.52. The average molecular weight is 690 g/mol. The van der Waals surface area contributed by atoms with Crippen molar-refractivity contribution in [3.63, 3.8) is 0 Å².